The van der Waals surface area contributed by atoms with Gasteiger partial charge in [-0.05, 0) is 6.42 Å². The fourth-order valence-electron chi connectivity index (χ4n) is 1.73. The van der Waals surface area contributed by atoms with Crippen molar-refractivity contribution in [2.75, 3.05) is 10.7 Å². The van der Waals surface area contributed by atoms with Gasteiger partial charge < -0.3 is 15.3 Å². The molecular formula is C12H19N7. The average Bonchev–Trinajstić information content (AvgIpc) is 2.82. The largest absolute Gasteiger partial charge is 0.363 e. The molecule has 0 atom stereocenters. The number of aryl methyl sites for hydroxylation is 2. The molecule has 0 amide bonds. The highest BCUT2D eigenvalue weighted by atomic mass is 15.3. The molecule has 7 heteroatoms. The van der Waals surface area contributed by atoms with Crippen LogP contribution in [0.25, 0.3) is 0 Å². The molecular weight excluding hydrogens is 242 g/mol. The Morgan fingerprint density at radius 3 is 2.74 bits per heavy atom. The summed E-state index contributed by atoms with van der Waals surface area (Å²) < 4.78 is 1.96. The molecule has 7 nitrogen and oxygen atoms in total. The number of anilines is 2. The summed E-state index contributed by atoms with van der Waals surface area (Å²) in [5, 5.41) is 3.23. The number of nitrogens with one attached hydrogen (secondary N) is 2. The summed E-state index contributed by atoms with van der Waals surface area (Å²) in [5.41, 5.74) is 2.56. The third-order valence-corrected chi connectivity index (χ3v) is 2.74. The molecule has 0 aliphatic carbocycles. The summed E-state index contributed by atoms with van der Waals surface area (Å²) in [4.78, 5) is 13.0. The maximum atomic E-state index is 5.41. The minimum atomic E-state index is 0.607. The number of hydrogen-bond donors (Lipinski definition) is 3. The summed E-state index contributed by atoms with van der Waals surface area (Å²) in [6.07, 6.45) is 5.50. The van der Waals surface area contributed by atoms with Crippen LogP contribution in [0.15, 0.2) is 18.5 Å². The highest BCUT2D eigenvalue weighted by molar-refractivity contribution is 5.46. The Morgan fingerprint density at radius 1 is 1.32 bits per heavy atom. The zero-order chi connectivity index (χ0) is 13.7. The van der Waals surface area contributed by atoms with E-state index in [1.165, 1.54) is 0 Å². The number of nitrogen functional groups attached to an aromatic ring is 1. The van der Waals surface area contributed by atoms with Crippen molar-refractivity contribution in [2.24, 2.45) is 12.9 Å². The Bertz CT molecular complexity index is 535. The normalized spacial score (nSPS) is 10.5. The first-order chi connectivity index (χ1) is 9.22. The molecule has 19 heavy (non-hydrogen) atoms. The van der Waals surface area contributed by atoms with Gasteiger partial charge in [0.15, 0.2) is 0 Å². The van der Waals surface area contributed by atoms with Crippen LogP contribution in [0.4, 0.5) is 11.6 Å². The number of imidazole rings is 1. The van der Waals surface area contributed by atoms with E-state index >= 15 is 0 Å². The minimum Gasteiger partial charge on any atom is -0.363 e. The van der Waals surface area contributed by atoms with E-state index in [1.807, 2.05) is 17.8 Å². The van der Waals surface area contributed by atoms with Gasteiger partial charge in [0.1, 0.15) is 23.3 Å². The van der Waals surface area contributed by atoms with Crippen molar-refractivity contribution in [3.8, 4) is 0 Å². The maximum Gasteiger partial charge on any atom is 0.145 e. The van der Waals surface area contributed by atoms with Gasteiger partial charge in [-0.15, -0.1) is 0 Å². The Kier molecular flexibility index (Phi) is 4.30. The average molecular weight is 261 g/mol. The van der Waals surface area contributed by atoms with E-state index in [0.29, 0.717) is 12.4 Å². The number of hydrazine groups is 1. The van der Waals surface area contributed by atoms with Crippen molar-refractivity contribution in [2.45, 2.75) is 26.3 Å². The van der Waals surface area contributed by atoms with Crippen LogP contribution in [-0.2, 0) is 20.0 Å². The summed E-state index contributed by atoms with van der Waals surface area (Å²) in [6, 6.07) is 1.78. The number of aromatic nitrogens is 4. The monoisotopic (exact) mass is 261 g/mol. The molecule has 0 bridgehead atoms. The molecule has 2 heterocycles. The fraction of sp³-hybridized carbons (Fsp3) is 0.417. The number of nitrogens with two attached hydrogens (primary N) is 1. The molecule has 0 fully saturated rings. The predicted molar refractivity (Wildman–Crippen MR) is 74.4 cm³/mol. The van der Waals surface area contributed by atoms with Crippen molar-refractivity contribution in [1.29, 1.82) is 0 Å². The van der Waals surface area contributed by atoms with Crippen LogP contribution in [0.2, 0.25) is 0 Å². The predicted octanol–water partition coefficient (Wildman–Crippen LogP) is 1.06. The van der Waals surface area contributed by atoms with Crippen LogP contribution in [0.5, 0.6) is 0 Å². The second-order valence-corrected chi connectivity index (χ2v) is 4.26. The second kappa shape index (κ2) is 6.14. The van der Waals surface area contributed by atoms with Crippen molar-refractivity contribution < 1.29 is 0 Å². The lowest BCUT2D eigenvalue weighted by atomic mass is 10.3. The SMILES string of the molecule is CCCc1nc(NN)cc(NCc2nccn2C)n1. The Labute approximate surface area is 112 Å². The number of nitrogens with zero attached hydrogens (tertiary/aromatic N) is 4. The fourth-order valence-corrected chi connectivity index (χ4v) is 1.73. The van der Waals surface area contributed by atoms with Crippen molar-refractivity contribution >= 4 is 11.6 Å². The molecule has 0 spiro atoms. The quantitative estimate of drug-likeness (QED) is 0.532. The Hall–Kier alpha value is -2.15. The summed E-state index contributed by atoms with van der Waals surface area (Å²) in [5.74, 6) is 8.49. The van der Waals surface area contributed by atoms with E-state index in [-0.39, 0.29) is 0 Å². The summed E-state index contributed by atoms with van der Waals surface area (Å²) in [7, 11) is 1.96. The Balaban J connectivity index is 2.10. The third-order valence-electron chi connectivity index (χ3n) is 2.74. The van der Waals surface area contributed by atoms with Gasteiger partial charge in [0.2, 0.25) is 0 Å². The van der Waals surface area contributed by atoms with Gasteiger partial charge in [0, 0.05) is 31.9 Å². The van der Waals surface area contributed by atoms with E-state index in [9.17, 15) is 0 Å². The van der Waals surface area contributed by atoms with Gasteiger partial charge >= 0.3 is 0 Å². The Morgan fingerprint density at radius 2 is 2.11 bits per heavy atom. The molecule has 0 saturated carbocycles. The summed E-state index contributed by atoms with van der Waals surface area (Å²) >= 11 is 0. The molecule has 2 rings (SSSR count). The lowest BCUT2D eigenvalue weighted by molar-refractivity contribution is 0.803. The van der Waals surface area contributed by atoms with Crippen LogP contribution in [0, 0.1) is 0 Å². The van der Waals surface area contributed by atoms with E-state index in [1.54, 1.807) is 12.3 Å². The number of hydrogen-bond acceptors (Lipinski definition) is 6. The van der Waals surface area contributed by atoms with Crippen molar-refractivity contribution in [3.05, 3.63) is 30.1 Å². The number of rotatable bonds is 6. The molecule has 0 aliphatic heterocycles. The smallest absolute Gasteiger partial charge is 0.145 e. The van der Waals surface area contributed by atoms with Crippen LogP contribution in [0.1, 0.15) is 25.0 Å². The van der Waals surface area contributed by atoms with E-state index in [0.717, 1.165) is 30.3 Å². The molecule has 0 aromatic carbocycles. The first-order valence-electron chi connectivity index (χ1n) is 6.27. The summed E-state index contributed by atoms with van der Waals surface area (Å²) in [6.45, 7) is 2.70. The van der Waals surface area contributed by atoms with Crippen molar-refractivity contribution in [3.63, 3.8) is 0 Å². The van der Waals surface area contributed by atoms with Gasteiger partial charge in [-0.25, -0.2) is 20.8 Å². The molecule has 0 aliphatic rings. The molecule has 0 unspecified atom stereocenters. The zero-order valence-electron chi connectivity index (χ0n) is 11.2. The first kappa shape index (κ1) is 13.3. The van der Waals surface area contributed by atoms with Gasteiger partial charge in [0.05, 0.1) is 6.54 Å². The van der Waals surface area contributed by atoms with Crippen molar-refractivity contribution in [1.82, 2.24) is 19.5 Å². The lowest BCUT2D eigenvalue weighted by Crippen LogP contribution is -2.13. The third kappa shape index (κ3) is 3.41. The van der Waals surface area contributed by atoms with Crippen LogP contribution >= 0.6 is 0 Å². The van der Waals surface area contributed by atoms with E-state index < -0.39 is 0 Å². The van der Waals surface area contributed by atoms with Gasteiger partial charge in [-0.3, -0.25) is 0 Å². The van der Waals surface area contributed by atoms with Gasteiger partial charge in [0.25, 0.3) is 0 Å². The topological polar surface area (TPSA) is 93.7 Å². The first-order valence-corrected chi connectivity index (χ1v) is 6.27. The standard InChI is InChI=1S/C12H19N7/c1-3-4-9-16-10(7-11(17-9)18-13)15-8-12-14-5-6-19(12)2/h5-7H,3-4,8,13H2,1-2H3,(H2,15,16,17,18). The van der Waals surface area contributed by atoms with Crippen LogP contribution < -0.4 is 16.6 Å². The van der Waals surface area contributed by atoms with E-state index in [2.05, 4.69) is 32.6 Å². The minimum absolute atomic E-state index is 0.607. The second-order valence-electron chi connectivity index (χ2n) is 4.26. The highest BCUT2D eigenvalue weighted by Crippen LogP contribution is 2.12. The molecule has 2 aromatic heterocycles. The molecule has 0 saturated heterocycles. The molecule has 4 N–H and O–H groups in total. The molecule has 2 aromatic rings. The van der Waals surface area contributed by atoms with Gasteiger partial charge in [-0.2, -0.15) is 0 Å². The zero-order valence-corrected chi connectivity index (χ0v) is 11.2. The highest BCUT2D eigenvalue weighted by Gasteiger charge is 2.05. The lowest BCUT2D eigenvalue weighted by Gasteiger charge is -2.09. The maximum absolute atomic E-state index is 5.41. The van der Waals surface area contributed by atoms with Crippen LogP contribution in [-0.4, -0.2) is 19.5 Å². The molecule has 0 radical (unpaired) electrons. The van der Waals surface area contributed by atoms with E-state index in [4.69, 9.17) is 5.84 Å². The van der Waals surface area contributed by atoms with Gasteiger partial charge in [-0.1, -0.05) is 6.92 Å². The molecule has 102 valence electrons. The van der Waals surface area contributed by atoms with Crippen LogP contribution in [0.3, 0.4) is 0 Å².